The molecule has 0 radical (unpaired) electrons. The normalized spacial score (nSPS) is 11.8. The van der Waals surface area contributed by atoms with Crippen LogP contribution < -0.4 is 4.90 Å². The monoisotopic (exact) mass is 610 g/mol. The SMILES string of the molecule is c1ccc(N(c2ccccc2)c2ccc3c(c2)c2ccccc2c2cc4c(cc32)c2ccccc2n4-c2ccc3ccccc3c2)cc1. The number of rotatable bonds is 4. The van der Waals surface area contributed by atoms with Crippen LogP contribution in [0.15, 0.2) is 182 Å². The Balaban J connectivity index is 1.28. The molecule has 0 aliphatic rings. The Morgan fingerprint density at radius 1 is 0.292 bits per heavy atom. The first-order chi connectivity index (χ1) is 23.8. The molecule has 1 heterocycles. The fourth-order valence-electron chi connectivity index (χ4n) is 7.74. The van der Waals surface area contributed by atoms with Crippen LogP contribution in [0.4, 0.5) is 17.1 Å². The van der Waals surface area contributed by atoms with Gasteiger partial charge in [0.05, 0.1) is 11.0 Å². The first-order valence-corrected chi connectivity index (χ1v) is 16.5. The number of aromatic nitrogens is 1. The van der Waals surface area contributed by atoms with Crippen molar-refractivity contribution in [3.63, 3.8) is 0 Å². The minimum atomic E-state index is 1.14. The van der Waals surface area contributed by atoms with Crippen LogP contribution in [0.25, 0.3) is 70.6 Å². The molecule has 10 aromatic rings. The van der Waals surface area contributed by atoms with Gasteiger partial charge in [-0.15, -0.1) is 0 Å². The smallest absolute Gasteiger partial charge is 0.0547 e. The Morgan fingerprint density at radius 2 is 0.854 bits per heavy atom. The van der Waals surface area contributed by atoms with Crippen molar-refractivity contribution in [3.05, 3.63) is 182 Å². The van der Waals surface area contributed by atoms with Crippen LogP contribution in [0.1, 0.15) is 0 Å². The number of hydrogen-bond donors (Lipinski definition) is 0. The highest BCUT2D eigenvalue weighted by Gasteiger charge is 2.18. The Hall–Kier alpha value is -6.38. The molecule has 9 aromatic carbocycles. The second-order valence-electron chi connectivity index (χ2n) is 12.6. The van der Waals surface area contributed by atoms with E-state index in [9.17, 15) is 0 Å². The molecule has 2 nitrogen and oxygen atoms in total. The second kappa shape index (κ2) is 10.6. The molecule has 0 aliphatic heterocycles. The Morgan fingerprint density at radius 3 is 1.58 bits per heavy atom. The zero-order valence-corrected chi connectivity index (χ0v) is 26.2. The lowest BCUT2D eigenvalue weighted by atomic mass is 9.92. The molecule has 0 fully saturated rings. The highest BCUT2D eigenvalue weighted by Crippen LogP contribution is 2.43. The molecule has 0 aliphatic carbocycles. The van der Waals surface area contributed by atoms with Crippen molar-refractivity contribution in [2.75, 3.05) is 4.90 Å². The maximum Gasteiger partial charge on any atom is 0.0547 e. The lowest BCUT2D eigenvalue weighted by molar-refractivity contribution is 1.19. The number of nitrogens with zero attached hydrogens (tertiary/aromatic N) is 2. The molecular weight excluding hydrogens is 581 g/mol. The lowest BCUT2D eigenvalue weighted by Crippen LogP contribution is -2.09. The minimum Gasteiger partial charge on any atom is -0.310 e. The zero-order chi connectivity index (χ0) is 31.6. The van der Waals surface area contributed by atoms with Gasteiger partial charge in [0, 0.05) is 33.5 Å². The highest BCUT2D eigenvalue weighted by atomic mass is 15.1. The average Bonchev–Trinajstić information content (AvgIpc) is 3.48. The van der Waals surface area contributed by atoms with Crippen molar-refractivity contribution >= 4 is 82.0 Å². The topological polar surface area (TPSA) is 8.17 Å². The van der Waals surface area contributed by atoms with Crippen LogP contribution >= 0.6 is 0 Å². The molecule has 1 aromatic heterocycles. The number of anilines is 3. The maximum absolute atomic E-state index is 2.44. The van der Waals surface area contributed by atoms with Crippen LogP contribution in [0.5, 0.6) is 0 Å². The molecule has 224 valence electrons. The molecular formula is C46H30N2. The first-order valence-electron chi connectivity index (χ1n) is 16.5. The first kappa shape index (κ1) is 26.8. The summed E-state index contributed by atoms with van der Waals surface area (Å²) in [6, 6.07) is 66.2. The van der Waals surface area contributed by atoms with Crippen molar-refractivity contribution in [2.24, 2.45) is 0 Å². The van der Waals surface area contributed by atoms with Gasteiger partial charge in [-0.1, -0.05) is 115 Å². The summed E-state index contributed by atoms with van der Waals surface area (Å²) in [6.45, 7) is 0. The molecule has 0 bridgehead atoms. The molecule has 0 saturated heterocycles. The van der Waals surface area contributed by atoms with Gasteiger partial charge < -0.3 is 9.47 Å². The summed E-state index contributed by atoms with van der Waals surface area (Å²) < 4.78 is 2.44. The van der Waals surface area contributed by atoms with Crippen LogP contribution in [-0.4, -0.2) is 4.57 Å². The summed E-state index contributed by atoms with van der Waals surface area (Å²) in [5.74, 6) is 0. The van der Waals surface area contributed by atoms with Gasteiger partial charge in [0.1, 0.15) is 0 Å². The lowest BCUT2D eigenvalue weighted by Gasteiger charge is -2.26. The van der Waals surface area contributed by atoms with E-state index in [-0.39, 0.29) is 0 Å². The molecule has 0 unspecified atom stereocenters. The van der Waals surface area contributed by atoms with Gasteiger partial charge in [0.15, 0.2) is 0 Å². The van der Waals surface area contributed by atoms with Crippen LogP contribution in [0.3, 0.4) is 0 Å². The van der Waals surface area contributed by atoms with Crippen LogP contribution in [-0.2, 0) is 0 Å². The van der Waals surface area contributed by atoms with Gasteiger partial charge in [-0.05, 0) is 110 Å². The molecule has 2 heteroatoms. The quantitative estimate of drug-likeness (QED) is 0.180. The number of hydrogen-bond acceptors (Lipinski definition) is 1. The van der Waals surface area contributed by atoms with Crippen molar-refractivity contribution in [3.8, 4) is 5.69 Å². The number of benzene rings is 9. The molecule has 48 heavy (non-hydrogen) atoms. The maximum atomic E-state index is 2.44. The van der Waals surface area contributed by atoms with Crippen molar-refractivity contribution in [1.29, 1.82) is 0 Å². The summed E-state index contributed by atoms with van der Waals surface area (Å²) in [5.41, 5.74) is 7.02. The Labute approximate surface area is 278 Å². The zero-order valence-electron chi connectivity index (χ0n) is 26.2. The third-order valence-corrected chi connectivity index (χ3v) is 9.89. The van der Waals surface area contributed by atoms with E-state index >= 15 is 0 Å². The van der Waals surface area contributed by atoms with E-state index in [0.717, 1.165) is 17.1 Å². The summed E-state index contributed by atoms with van der Waals surface area (Å²) in [6.07, 6.45) is 0. The van der Waals surface area contributed by atoms with Crippen LogP contribution in [0, 0.1) is 0 Å². The summed E-state index contributed by atoms with van der Waals surface area (Å²) in [4.78, 5) is 2.35. The predicted octanol–water partition coefficient (Wildman–Crippen LogP) is 12.9. The Kier molecular flexibility index (Phi) is 5.91. The summed E-state index contributed by atoms with van der Waals surface area (Å²) in [5, 5.41) is 12.6. The van der Waals surface area contributed by atoms with E-state index in [1.165, 1.54) is 70.6 Å². The van der Waals surface area contributed by atoms with Gasteiger partial charge >= 0.3 is 0 Å². The van der Waals surface area contributed by atoms with Gasteiger partial charge in [0.25, 0.3) is 0 Å². The van der Waals surface area contributed by atoms with E-state index in [1.54, 1.807) is 0 Å². The summed E-state index contributed by atoms with van der Waals surface area (Å²) in [7, 11) is 0. The number of fused-ring (bicyclic) bond motifs is 10. The van der Waals surface area contributed by atoms with E-state index in [0.29, 0.717) is 0 Å². The van der Waals surface area contributed by atoms with Crippen LogP contribution in [0.2, 0.25) is 0 Å². The minimum absolute atomic E-state index is 1.14. The van der Waals surface area contributed by atoms with E-state index in [1.807, 2.05) is 0 Å². The standard InChI is InChI=1S/C46H30N2/c1-3-15-33(16-4-1)47(34-17-5-2-6-18-34)36-25-26-39-41(28-36)37-19-9-10-20-38(37)43-30-46-44(29-42(39)43)40-21-11-12-22-45(40)48(46)35-24-23-31-13-7-8-14-32(31)27-35/h1-30H. The van der Waals surface area contributed by atoms with Gasteiger partial charge in [-0.25, -0.2) is 0 Å². The Bertz CT molecular complexity index is 2790. The van der Waals surface area contributed by atoms with Crippen molar-refractivity contribution < 1.29 is 0 Å². The van der Waals surface area contributed by atoms with Gasteiger partial charge in [-0.3, -0.25) is 0 Å². The molecule has 0 saturated carbocycles. The largest absolute Gasteiger partial charge is 0.310 e. The molecule has 10 rings (SSSR count). The third-order valence-electron chi connectivity index (χ3n) is 9.89. The molecule has 0 amide bonds. The van der Waals surface area contributed by atoms with Gasteiger partial charge in [-0.2, -0.15) is 0 Å². The van der Waals surface area contributed by atoms with Crippen molar-refractivity contribution in [2.45, 2.75) is 0 Å². The van der Waals surface area contributed by atoms with Gasteiger partial charge in [0.2, 0.25) is 0 Å². The van der Waals surface area contributed by atoms with E-state index in [2.05, 4.69) is 191 Å². The third kappa shape index (κ3) is 4.06. The second-order valence-corrected chi connectivity index (χ2v) is 12.6. The fourth-order valence-corrected chi connectivity index (χ4v) is 7.74. The predicted molar refractivity (Wildman–Crippen MR) is 205 cm³/mol. The highest BCUT2D eigenvalue weighted by molar-refractivity contribution is 6.29. The van der Waals surface area contributed by atoms with E-state index in [4.69, 9.17) is 0 Å². The molecule has 0 atom stereocenters. The fraction of sp³-hybridized carbons (Fsp3) is 0. The summed E-state index contributed by atoms with van der Waals surface area (Å²) >= 11 is 0. The van der Waals surface area contributed by atoms with E-state index < -0.39 is 0 Å². The average molecular weight is 611 g/mol. The molecule has 0 spiro atoms. The molecule has 0 N–H and O–H groups in total. The van der Waals surface area contributed by atoms with Crippen molar-refractivity contribution in [1.82, 2.24) is 4.57 Å². The number of para-hydroxylation sites is 3.